The zero-order chi connectivity index (χ0) is 26.3. The lowest BCUT2D eigenvalue weighted by atomic mass is 9.94. The number of morpholine rings is 1. The largest absolute Gasteiger partial charge is 0.872 e. The number of amides is 1. The molecular weight excluding hydrogens is 544 g/mol. The molecule has 5 rings (SSSR count). The van der Waals surface area contributed by atoms with Gasteiger partial charge < -0.3 is 34.2 Å². The van der Waals surface area contributed by atoms with Gasteiger partial charge in [-0.2, -0.15) is 0 Å². The molecule has 1 amide bonds. The van der Waals surface area contributed by atoms with E-state index in [4.69, 9.17) is 14.2 Å². The molecule has 2 unspecified atom stereocenters. The standard InChI is InChI=1S/C27H29BrN2O7/c1-15-11-17-12-16(3-4-20(17)37-15)24(31)22-23(18-13-19(28)25(32)21(14-18)35-2)30(27(34)26(22)33)6-5-29-7-9-36-10-8-29/h3-4,12-15,23,31-32H,5-11H2,1-2H3. The van der Waals surface area contributed by atoms with Crippen LogP contribution in [0.3, 0.4) is 0 Å². The van der Waals surface area contributed by atoms with Crippen LogP contribution in [-0.4, -0.2) is 74.3 Å². The van der Waals surface area contributed by atoms with Crippen molar-refractivity contribution in [2.24, 2.45) is 0 Å². The summed E-state index contributed by atoms with van der Waals surface area (Å²) < 4.78 is 16.8. The summed E-state index contributed by atoms with van der Waals surface area (Å²) in [5, 5.41) is 24.2. The Balaban J connectivity index is 1.59. The number of likely N-dealkylation sites (tertiary alicyclic amines) is 1. The van der Waals surface area contributed by atoms with E-state index in [1.165, 1.54) is 16.9 Å². The lowest BCUT2D eigenvalue weighted by molar-refractivity contribution is -0.907. The third-order valence-corrected chi connectivity index (χ3v) is 7.78. The Morgan fingerprint density at radius 3 is 2.73 bits per heavy atom. The fourth-order valence-electron chi connectivity index (χ4n) is 5.26. The van der Waals surface area contributed by atoms with Crippen LogP contribution in [0.25, 0.3) is 5.76 Å². The van der Waals surface area contributed by atoms with Gasteiger partial charge in [-0.3, -0.25) is 9.59 Å². The van der Waals surface area contributed by atoms with E-state index in [9.17, 15) is 19.8 Å². The van der Waals surface area contributed by atoms with Crippen LogP contribution in [-0.2, 0) is 20.7 Å². The Kier molecular flexibility index (Phi) is 7.15. The highest BCUT2D eigenvalue weighted by atomic mass is 79.9. The predicted octanol–water partition coefficient (Wildman–Crippen LogP) is 0.626. The van der Waals surface area contributed by atoms with Crippen molar-refractivity contribution < 1.29 is 38.9 Å². The summed E-state index contributed by atoms with van der Waals surface area (Å²) in [4.78, 5) is 29.4. The van der Waals surface area contributed by atoms with Crippen molar-refractivity contribution in [1.29, 1.82) is 0 Å². The minimum Gasteiger partial charge on any atom is -0.872 e. The molecule has 3 aliphatic heterocycles. The predicted molar refractivity (Wildman–Crippen MR) is 135 cm³/mol. The summed E-state index contributed by atoms with van der Waals surface area (Å²) in [5.74, 6) is -1.21. The van der Waals surface area contributed by atoms with Crippen LogP contribution in [0.2, 0.25) is 0 Å². The quantitative estimate of drug-likeness (QED) is 0.296. The third kappa shape index (κ3) is 4.81. The van der Waals surface area contributed by atoms with Crippen LogP contribution >= 0.6 is 15.9 Å². The number of phenolic OH excluding ortho intramolecular Hbond substituents is 1. The number of rotatable bonds is 6. The molecule has 2 atom stereocenters. The maximum absolute atomic E-state index is 13.8. The number of ketones is 1. The topological polar surface area (TPSA) is 113 Å². The number of nitrogens with one attached hydrogen (secondary N) is 1. The van der Waals surface area contributed by atoms with E-state index in [0.717, 1.165) is 24.4 Å². The van der Waals surface area contributed by atoms with Crippen LogP contribution in [0.4, 0.5) is 0 Å². The SMILES string of the molecule is COc1cc(C2C(=C([O-])c3ccc4c(c3)CC(C)O4)C(=O)C(=O)N2CC[NH+]2CCOCC2)cc(Br)c1O. The first-order chi connectivity index (χ1) is 17.8. The molecule has 2 fully saturated rings. The van der Waals surface area contributed by atoms with Crippen LogP contribution < -0.4 is 19.5 Å². The number of ether oxygens (including phenoxy) is 3. The van der Waals surface area contributed by atoms with Crippen molar-refractivity contribution in [3.63, 3.8) is 0 Å². The van der Waals surface area contributed by atoms with Gasteiger partial charge in [0.05, 0.1) is 43.9 Å². The first-order valence-corrected chi connectivity index (χ1v) is 13.1. The number of benzene rings is 2. The summed E-state index contributed by atoms with van der Waals surface area (Å²) in [6.45, 7) is 5.77. The Morgan fingerprint density at radius 1 is 1.24 bits per heavy atom. The number of carbonyl (C=O) groups is 2. The number of nitrogens with zero attached hydrogens (tertiary/aromatic N) is 1. The Labute approximate surface area is 223 Å². The van der Waals surface area contributed by atoms with Gasteiger partial charge in [0.2, 0.25) is 5.78 Å². The van der Waals surface area contributed by atoms with E-state index in [2.05, 4.69) is 15.9 Å². The summed E-state index contributed by atoms with van der Waals surface area (Å²) in [6, 6.07) is 7.39. The van der Waals surface area contributed by atoms with E-state index in [-0.39, 0.29) is 29.7 Å². The molecule has 0 aromatic heterocycles. The normalized spacial score (nSPS) is 23.3. The molecule has 2 N–H and O–H groups in total. The third-order valence-electron chi connectivity index (χ3n) is 7.18. The molecule has 0 bridgehead atoms. The molecule has 0 aliphatic carbocycles. The van der Waals surface area contributed by atoms with Crippen LogP contribution in [0.5, 0.6) is 17.2 Å². The molecule has 3 heterocycles. The van der Waals surface area contributed by atoms with Crippen molar-refractivity contribution >= 4 is 33.4 Å². The van der Waals surface area contributed by atoms with Gasteiger partial charge in [-0.1, -0.05) is 11.8 Å². The maximum atomic E-state index is 13.8. The molecule has 0 radical (unpaired) electrons. The fraction of sp³-hybridized carbons (Fsp3) is 0.407. The Morgan fingerprint density at radius 2 is 2.00 bits per heavy atom. The second-order valence-corrected chi connectivity index (χ2v) is 10.4. The van der Waals surface area contributed by atoms with Gasteiger partial charge in [-0.15, -0.1) is 0 Å². The second-order valence-electron chi connectivity index (χ2n) is 9.59. The van der Waals surface area contributed by atoms with Gasteiger partial charge >= 0.3 is 0 Å². The van der Waals surface area contributed by atoms with Gasteiger partial charge in [-0.25, -0.2) is 0 Å². The number of phenols is 1. The van der Waals surface area contributed by atoms with Crippen molar-refractivity contribution in [3.05, 3.63) is 57.1 Å². The Bertz CT molecular complexity index is 1270. The van der Waals surface area contributed by atoms with E-state index in [1.54, 1.807) is 30.3 Å². The zero-order valence-electron chi connectivity index (χ0n) is 20.7. The average Bonchev–Trinajstić information content (AvgIpc) is 3.39. The van der Waals surface area contributed by atoms with E-state index in [1.807, 2.05) is 6.92 Å². The first-order valence-electron chi connectivity index (χ1n) is 12.3. The van der Waals surface area contributed by atoms with Crippen LogP contribution in [0.1, 0.15) is 29.7 Å². The van der Waals surface area contributed by atoms with Crippen molar-refractivity contribution in [2.75, 3.05) is 46.5 Å². The molecule has 2 aromatic carbocycles. The van der Waals surface area contributed by atoms with Crippen molar-refractivity contribution in [2.45, 2.75) is 25.5 Å². The molecule has 9 nitrogen and oxygen atoms in total. The summed E-state index contributed by atoms with van der Waals surface area (Å²) >= 11 is 3.33. The van der Waals surface area contributed by atoms with E-state index < -0.39 is 23.5 Å². The molecule has 37 heavy (non-hydrogen) atoms. The maximum Gasteiger partial charge on any atom is 0.295 e. The number of fused-ring (bicyclic) bond motifs is 1. The van der Waals surface area contributed by atoms with Gasteiger partial charge in [0, 0.05) is 12.0 Å². The molecular formula is C27H29BrN2O7. The zero-order valence-corrected chi connectivity index (χ0v) is 22.3. The molecule has 2 saturated heterocycles. The minimum absolute atomic E-state index is 0.00966. The molecule has 2 aromatic rings. The number of hydrogen-bond acceptors (Lipinski definition) is 7. The van der Waals surface area contributed by atoms with Gasteiger partial charge in [0.1, 0.15) is 24.9 Å². The van der Waals surface area contributed by atoms with Gasteiger partial charge in [0.25, 0.3) is 5.91 Å². The van der Waals surface area contributed by atoms with Crippen LogP contribution in [0.15, 0.2) is 40.4 Å². The number of halogens is 1. The smallest absolute Gasteiger partial charge is 0.295 e. The molecule has 3 aliphatic rings. The summed E-state index contributed by atoms with van der Waals surface area (Å²) in [6.07, 6.45) is 0.675. The number of quaternary nitrogens is 1. The molecule has 0 spiro atoms. The van der Waals surface area contributed by atoms with Crippen molar-refractivity contribution in [3.8, 4) is 17.2 Å². The monoisotopic (exact) mass is 572 g/mol. The number of methoxy groups -OCH3 is 1. The van der Waals surface area contributed by atoms with E-state index >= 15 is 0 Å². The minimum atomic E-state index is -0.915. The lowest BCUT2D eigenvalue weighted by Gasteiger charge is -2.30. The number of hydrogen-bond donors (Lipinski definition) is 2. The molecule has 10 heteroatoms. The average molecular weight is 573 g/mol. The van der Waals surface area contributed by atoms with Gasteiger partial charge in [-0.05, 0) is 63.8 Å². The lowest BCUT2D eigenvalue weighted by Crippen LogP contribution is -3.14. The van der Waals surface area contributed by atoms with Gasteiger partial charge in [0.15, 0.2) is 11.5 Å². The highest BCUT2D eigenvalue weighted by molar-refractivity contribution is 9.10. The summed E-state index contributed by atoms with van der Waals surface area (Å²) in [7, 11) is 1.42. The van der Waals surface area contributed by atoms with E-state index in [0.29, 0.717) is 41.8 Å². The Hall–Kier alpha value is -3.08. The number of carbonyl (C=O) groups excluding carboxylic acids is 2. The summed E-state index contributed by atoms with van der Waals surface area (Å²) in [5.41, 5.74) is 1.63. The second kappa shape index (κ2) is 10.4. The highest BCUT2D eigenvalue weighted by Gasteiger charge is 2.45. The first kappa shape index (κ1) is 25.6. The molecule has 0 saturated carbocycles. The fourth-order valence-corrected chi connectivity index (χ4v) is 5.72. The van der Waals surface area contributed by atoms with Crippen LogP contribution in [0, 0.1) is 0 Å². The highest BCUT2D eigenvalue weighted by Crippen LogP contribution is 2.44. The number of Topliss-reactive ketones (excluding diaryl/α,β-unsaturated/α-hetero) is 1. The molecule has 196 valence electrons. The van der Waals surface area contributed by atoms with Crippen molar-refractivity contribution in [1.82, 2.24) is 4.90 Å². The number of aromatic hydroxyl groups is 1.